The number of azide groups is 1. The van der Waals surface area contributed by atoms with Crippen LogP contribution in [0.15, 0.2) is 17.3 Å². The molecule has 0 radical (unpaired) electrons. The maximum Gasteiger partial charge on any atom is 0.0894 e. The third kappa shape index (κ3) is 4.70. The van der Waals surface area contributed by atoms with Crippen molar-refractivity contribution in [1.29, 1.82) is 0 Å². The molecule has 0 rings (SSSR count). The van der Waals surface area contributed by atoms with Crippen molar-refractivity contribution < 1.29 is 10.2 Å². The van der Waals surface area contributed by atoms with E-state index in [1.165, 1.54) is 12.2 Å². The van der Waals surface area contributed by atoms with Gasteiger partial charge in [0, 0.05) is 11.5 Å². The number of hydrogen-bond acceptors (Lipinski definition) is 4. The van der Waals surface area contributed by atoms with Crippen molar-refractivity contribution in [3.05, 3.63) is 22.6 Å². The number of hydrogen-bond donors (Lipinski definition) is 3. The van der Waals surface area contributed by atoms with Gasteiger partial charge in [-0.2, -0.15) is 0 Å². The molecule has 0 aliphatic rings. The lowest BCUT2D eigenvalue weighted by atomic mass is 10.2. The van der Waals surface area contributed by atoms with Gasteiger partial charge >= 0.3 is 0 Å². The lowest BCUT2D eigenvalue weighted by molar-refractivity contribution is 0.144. The highest BCUT2D eigenvalue weighted by Gasteiger charge is 2.08. The average molecular weight is 172 g/mol. The van der Waals surface area contributed by atoms with Crippen LogP contribution in [-0.4, -0.2) is 35.5 Å². The predicted molar refractivity (Wildman–Crippen MR) is 44.2 cm³/mol. The second-order valence-electron chi connectivity index (χ2n) is 2.18. The Morgan fingerprint density at radius 2 is 2.33 bits per heavy atom. The van der Waals surface area contributed by atoms with Gasteiger partial charge in [0.25, 0.3) is 0 Å². The normalized spacial score (nSPS) is 15.6. The van der Waals surface area contributed by atoms with Gasteiger partial charge in [-0.05, 0) is 5.53 Å². The van der Waals surface area contributed by atoms with Crippen LogP contribution in [0.2, 0.25) is 0 Å². The van der Waals surface area contributed by atoms with Gasteiger partial charge in [0.15, 0.2) is 0 Å². The van der Waals surface area contributed by atoms with E-state index in [2.05, 4.69) is 10.0 Å². The van der Waals surface area contributed by atoms with Crippen molar-refractivity contribution in [3.63, 3.8) is 0 Å². The van der Waals surface area contributed by atoms with Gasteiger partial charge in [-0.15, -0.1) is 0 Å². The van der Waals surface area contributed by atoms with Crippen LogP contribution in [0.25, 0.3) is 10.4 Å². The zero-order valence-electron chi connectivity index (χ0n) is 6.54. The van der Waals surface area contributed by atoms with Gasteiger partial charge in [-0.3, -0.25) is 0 Å². The van der Waals surface area contributed by atoms with Crippen molar-refractivity contribution in [2.45, 2.75) is 12.1 Å². The summed E-state index contributed by atoms with van der Waals surface area (Å²) in [6, 6.07) is -0.688. The number of rotatable bonds is 5. The van der Waals surface area contributed by atoms with Gasteiger partial charge in [-0.25, -0.2) is 0 Å². The van der Waals surface area contributed by atoms with Crippen LogP contribution >= 0.6 is 0 Å². The largest absolute Gasteiger partial charge is 0.395 e. The van der Waals surface area contributed by atoms with Crippen molar-refractivity contribution in [2.24, 2.45) is 10.8 Å². The van der Waals surface area contributed by atoms with Crippen LogP contribution in [0.5, 0.6) is 0 Å². The lowest BCUT2D eigenvalue weighted by Crippen LogP contribution is -2.36. The molecule has 0 aromatic rings. The first-order valence-electron chi connectivity index (χ1n) is 3.44. The summed E-state index contributed by atoms with van der Waals surface area (Å²) in [5.74, 6) is 0. The number of aliphatic hydroxyl groups excluding tert-OH is 2. The van der Waals surface area contributed by atoms with Gasteiger partial charge in [0.2, 0.25) is 0 Å². The molecule has 6 nitrogen and oxygen atoms in total. The van der Waals surface area contributed by atoms with Crippen molar-refractivity contribution in [3.8, 4) is 0 Å². The molecule has 0 saturated heterocycles. The molecule has 68 valence electrons. The summed E-state index contributed by atoms with van der Waals surface area (Å²) in [5.41, 5.74) is 13.2. The average Bonchev–Trinajstić information content (AvgIpc) is 2.10. The molecule has 0 fully saturated rings. The first kappa shape index (κ1) is 10.9. The van der Waals surface area contributed by atoms with E-state index in [0.717, 1.165) is 0 Å². The molecule has 0 aliphatic carbocycles. The van der Waals surface area contributed by atoms with E-state index in [1.54, 1.807) is 0 Å². The highest BCUT2D eigenvalue weighted by atomic mass is 16.3. The fourth-order valence-electron chi connectivity index (χ4n) is 0.535. The zero-order valence-corrected chi connectivity index (χ0v) is 6.54. The topological polar surface area (TPSA) is 115 Å². The molecule has 6 heteroatoms. The molecule has 0 saturated carbocycles. The molecular weight excluding hydrogens is 160 g/mol. The summed E-state index contributed by atoms with van der Waals surface area (Å²) >= 11 is 0. The summed E-state index contributed by atoms with van der Waals surface area (Å²) in [4.78, 5) is 2.51. The highest BCUT2D eigenvalue weighted by Crippen LogP contribution is 1.91. The Morgan fingerprint density at radius 3 is 2.83 bits per heavy atom. The SMILES string of the molecule is [N-]=[N+]=NCC=C[C@@H](O)[C@@H](N)CO. The Bertz CT molecular complexity index is 188. The van der Waals surface area contributed by atoms with Gasteiger partial charge in [0.05, 0.1) is 18.8 Å². The van der Waals surface area contributed by atoms with Crippen LogP contribution in [0.4, 0.5) is 0 Å². The minimum absolute atomic E-state index is 0.172. The molecule has 0 aromatic carbocycles. The van der Waals surface area contributed by atoms with Crippen LogP contribution < -0.4 is 5.73 Å². The van der Waals surface area contributed by atoms with Crippen LogP contribution in [0.1, 0.15) is 0 Å². The van der Waals surface area contributed by atoms with Gasteiger partial charge < -0.3 is 15.9 Å². The summed E-state index contributed by atoms with van der Waals surface area (Å²) in [6.07, 6.45) is 1.97. The van der Waals surface area contributed by atoms with Crippen molar-refractivity contribution in [1.82, 2.24) is 0 Å². The second-order valence-corrected chi connectivity index (χ2v) is 2.18. The van der Waals surface area contributed by atoms with E-state index in [-0.39, 0.29) is 13.2 Å². The first-order chi connectivity index (χ1) is 5.72. The third-order valence-corrected chi connectivity index (χ3v) is 1.23. The fraction of sp³-hybridized carbons (Fsp3) is 0.667. The second kappa shape index (κ2) is 6.63. The van der Waals surface area contributed by atoms with Crippen molar-refractivity contribution in [2.75, 3.05) is 13.2 Å². The third-order valence-electron chi connectivity index (χ3n) is 1.23. The highest BCUT2D eigenvalue weighted by molar-refractivity contribution is 4.94. The molecule has 0 unspecified atom stereocenters. The maximum atomic E-state index is 9.11. The zero-order chi connectivity index (χ0) is 9.40. The molecule has 0 spiro atoms. The Kier molecular flexibility index (Phi) is 6.04. The Labute approximate surface area is 69.9 Å². The predicted octanol–water partition coefficient (Wildman–Crippen LogP) is -0.467. The van der Waals surface area contributed by atoms with E-state index in [1.807, 2.05) is 0 Å². The summed E-state index contributed by atoms with van der Waals surface area (Å²) in [5, 5.41) is 20.8. The van der Waals surface area contributed by atoms with E-state index >= 15 is 0 Å². The lowest BCUT2D eigenvalue weighted by Gasteiger charge is -2.11. The monoisotopic (exact) mass is 172 g/mol. The number of nitrogens with zero attached hydrogens (tertiary/aromatic N) is 3. The molecular formula is C6H12N4O2. The first-order valence-corrected chi connectivity index (χ1v) is 3.44. The Hall–Kier alpha value is -1.07. The van der Waals surface area contributed by atoms with Gasteiger partial charge in [-0.1, -0.05) is 17.3 Å². The summed E-state index contributed by atoms with van der Waals surface area (Å²) in [7, 11) is 0. The van der Waals surface area contributed by atoms with Crippen LogP contribution in [0.3, 0.4) is 0 Å². The van der Waals surface area contributed by atoms with E-state index in [9.17, 15) is 0 Å². The van der Waals surface area contributed by atoms with Crippen molar-refractivity contribution >= 4 is 0 Å². The summed E-state index contributed by atoms with van der Waals surface area (Å²) < 4.78 is 0. The molecule has 4 N–H and O–H groups in total. The molecule has 0 heterocycles. The van der Waals surface area contributed by atoms with Crippen LogP contribution in [0, 0.1) is 0 Å². The standard InChI is InChI=1S/C6H12N4O2/c7-5(4-11)6(12)2-1-3-9-10-8/h1-2,5-6,11-12H,3-4,7H2/t5-,6+/m0/s1. The molecule has 0 amide bonds. The molecule has 2 atom stereocenters. The summed E-state index contributed by atoms with van der Waals surface area (Å²) in [6.45, 7) is -0.112. The fourth-order valence-corrected chi connectivity index (χ4v) is 0.535. The maximum absolute atomic E-state index is 9.11. The number of nitrogens with two attached hydrogens (primary N) is 1. The van der Waals surface area contributed by atoms with Crippen LogP contribution in [-0.2, 0) is 0 Å². The molecule has 12 heavy (non-hydrogen) atoms. The van der Waals surface area contributed by atoms with Gasteiger partial charge in [0.1, 0.15) is 0 Å². The minimum Gasteiger partial charge on any atom is -0.395 e. The Balaban J connectivity index is 3.73. The minimum atomic E-state index is -0.899. The molecule has 0 aliphatic heterocycles. The molecule has 0 bridgehead atoms. The smallest absolute Gasteiger partial charge is 0.0894 e. The van der Waals surface area contributed by atoms with E-state index < -0.39 is 12.1 Å². The molecule has 0 aromatic heterocycles. The Morgan fingerprint density at radius 1 is 1.67 bits per heavy atom. The van der Waals surface area contributed by atoms with E-state index in [0.29, 0.717) is 0 Å². The quantitative estimate of drug-likeness (QED) is 0.225. The van der Waals surface area contributed by atoms with E-state index in [4.69, 9.17) is 21.5 Å². The number of aliphatic hydroxyl groups is 2.